The van der Waals surface area contributed by atoms with E-state index in [-0.39, 0.29) is 5.91 Å². The Labute approximate surface area is 110 Å². The van der Waals surface area contributed by atoms with Gasteiger partial charge in [-0.25, -0.2) is 8.78 Å². The van der Waals surface area contributed by atoms with Gasteiger partial charge in [-0.1, -0.05) is 30.3 Å². The van der Waals surface area contributed by atoms with Crippen molar-refractivity contribution in [2.45, 2.75) is 25.4 Å². The Balaban J connectivity index is 1.88. The first kappa shape index (κ1) is 13.9. The van der Waals surface area contributed by atoms with Crippen LogP contribution in [0.5, 0.6) is 0 Å². The first-order chi connectivity index (χ1) is 9.09. The molecule has 0 bridgehead atoms. The Morgan fingerprint density at radius 2 is 2.00 bits per heavy atom. The van der Waals surface area contributed by atoms with Gasteiger partial charge in [-0.2, -0.15) is 0 Å². The van der Waals surface area contributed by atoms with Crippen molar-refractivity contribution in [2.24, 2.45) is 5.92 Å². The Bertz CT molecular complexity index is 425. The summed E-state index contributed by atoms with van der Waals surface area (Å²) in [7, 11) is 0. The molecule has 0 radical (unpaired) electrons. The summed E-state index contributed by atoms with van der Waals surface area (Å²) in [4.78, 5) is 13.5. The molecule has 104 valence electrons. The molecule has 0 aromatic heterocycles. The third-order valence-corrected chi connectivity index (χ3v) is 3.52. The second kappa shape index (κ2) is 6.10. The van der Waals surface area contributed by atoms with Crippen molar-refractivity contribution in [3.63, 3.8) is 0 Å². The number of nitrogens with zero attached hydrogens (tertiary/aromatic N) is 1. The molecule has 1 heterocycles. The molecule has 0 aliphatic carbocycles. The lowest BCUT2D eigenvalue weighted by molar-refractivity contribution is -0.137. The minimum Gasteiger partial charge on any atom is -0.386 e. The Hall–Kier alpha value is -1.49. The number of hydrogen-bond acceptors (Lipinski definition) is 2. The number of benzene rings is 1. The molecule has 1 aromatic carbocycles. The molecule has 1 N–H and O–H groups in total. The average molecular weight is 269 g/mol. The lowest BCUT2D eigenvalue weighted by Crippen LogP contribution is -2.36. The first-order valence-electron chi connectivity index (χ1n) is 6.38. The SMILES string of the molecule is O=C1C(C(O)C(F)F)CCN1CCc1ccccc1. The lowest BCUT2D eigenvalue weighted by atomic mass is 10.0. The van der Waals surface area contributed by atoms with Gasteiger partial charge in [0.05, 0.1) is 5.92 Å². The minimum absolute atomic E-state index is 0.305. The van der Waals surface area contributed by atoms with Crippen LogP contribution in [-0.4, -0.2) is 41.5 Å². The second-order valence-corrected chi connectivity index (χ2v) is 4.78. The zero-order chi connectivity index (χ0) is 13.8. The molecule has 0 spiro atoms. The summed E-state index contributed by atoms with van der Waals surface area (Å²) in [5.74, 6) is -1.31. The van der Waals surface area contributed by atoms with E-state index < -0.39 is 18.4 Å². The number of aliphatic hydroxyl groups is 1. The summed E-state index contributed by atoms with van der Waals surface area (Å²) in [5.41, 5.74) is 1.10. The average Bonchev–Trinajstić information content (AvgIpc) is 2.78. The van der Waals surface area contributed by atoms with E-state index in [0.717, 1.165) is 5.56 Å². The van der Waals surface area contributed by atoms with Gasteiger partial charge in [0.2, 0.25) is 5.91 Å². The number of carbonyl (C=O) groups is 1. The number of amides is 1. The van der Waals surface area contributed by atoms with Gasteiger partial charge in [-0.15, -0.1) is 0 Å². The number of hydrogen-bond donors (Lipinski definition) is 1. The van der Waals surface area contributed by atoms with E-state index in [0.29, 0.717) is 25.9 Å². The molecule has 3 nitrogen and oxygen atoms in total. The highest BCUT2D eigenvalue weighted by atomic mass is 19.3. The highest BCUT2D eigenvalue weighted by molar-refractivity contribution is 5.81. The molecular weight excluding hydrogens is 252 g/mol. The Kier molecular flexibility index (Phi) is 4.47. The van der Waals surface area contributed by atoms with Gasteiger partial charge in [-0.3, -0.25) is 4.79 Å². The third kappa shape index (κ3) is 3.29. The maximum atomic E-state index is 12.4. The van der Waals surface area contributed by atoms with Crippen molar-refractivity contribution in [3.8, 4) is 0 Å². The van der Waals surface area contributed by atoms with E-state index in [1.54, 1.807) is 4.90 Å². The molecule has 2 atom stereocenters. The van der Waals surface area contributed by atoms with Crippen molar-refractivity contribution in [2.75, 3.05) is 13.1 Å². The summed E-state index contributed by atoms with van der Waals surface area (Å²) in [6.45, 7) is 0.954. The molecule has 0 saturated carbocycles. The van der Waals surface area contributed by atoms with Crippen molar-refractivity contribution in [3.05, 3.63) is 35.9 Å². The van der Waals surface area contributed by atoms with E-state index in [9.17, 15) is 18.7 Å². The summed E-state index contributed by atoms with van der Waals surface area (Å²) < 4.78 is 24.8. The minimum atomic E-state index is -2.86. The van der Waals surface area contributed by atoms with Gasteiger partial charge in [0.15, 0.2) is 0 Å². The van der Waals surface area contributed by atoms with Crippen LogP contribution in [-0.2, 0) is 11.2 Å². The predicted molar refractivity (Wildman–Crippen MR) is 66.8 cm³/mol. The molecule has 1 fully saturated rings. The summed E-state index contributed by atoms with van der Waals surface area (Å²) in [6, 6.07) is 9.69. The molecular formula is C14H17F2NO2. The molecule has 2 unspecified atom stereocenters. The van der Waals surface area contributed by atoms with Crippen LogP contribution in [0, 0.1) is 5.92 Å². The van der Waals surface area contributed by atoms with Gasteiger partial charge in [0.1, 0.15) is 6.10 Å². The summed E-state index contributed by atoms with van der Waals surface area (Å²) in [6.07, 6.45) is -3.69. The van der Waals surface area contributed by atoms with Crippen LogP contribution < -0.4 is 0 Å². The fourth-order valence-corrected chi connectivity index (χ4v) is 2.39. The highest BCUT2D eigenvalue weighted by Crippen LogP contribution is 2.25. The van der Waals surface area contributed by atoms with Gasteiger partial charge >= 0.3 is 0 Å². The number of likely N-dealkylation sites (tertiary alicyclic amines) is 1. The largest absolute Gasteiger partial charge is 0.386 e. The van der Waals surface area contributed by atoms with Crippen LogP contribution in [0.15, 0.2) is 30.3 Å². The second-order valence-electron chi connectivity index (χ2n) is 4.78. The third-order valence-electron chi connectivity index (χ3n) is 3.52. The van der Waals surface area contributed by atoms with Gasteiger partial charge in [-0.05, 0) is 18.4 Å². The zero-order valence-electron chi connectivity index (χ0n) is 10.5. The number of rotatable bonds is 5. The molecule has 1 aliphatic rings. The molecule has 5 heteroatoms. The zero-order valence-corrected chi connectivity index (χ0v) is 10.5. The maximum absolute atomic E-state index is 12.4. The normalized spacial score (nSPS) is 21.2. The van der Waals surface area contributed by atoms with Gasteiger partial charge in [0, 0.05) is 13.1 Å². The fraction of sp³-hybridized carbons (Fsp3) is 0.500. The molecule has 1 aliphatic heterocycles. The number of carbonyl (C=O) groups excluding carboxylic acids is 1. The van der Waals surface area contributed by atoms with Crippen LogP contribution >= 0.6 is 0 Å². The molecule has 19 heavy (non-hydrogen) atoms. The van der Waals surface area contributed by atoms with E-state index in [1.807, 2.05) is 30.3 Å². The standard InChI is InChI=1S/C14H17F2NO2/c15-13(16)12(18)11-7-9-17(14(11)19)8-6-10-4-2-1-3-5-10/h1-5,11-13,18H,6-9H2. The summed E-state index contributed by atoms with van der Waals surface area (Å²) in [5, 5.41) is 9.30. The fourth-order valence-electron chi connectivity index (χ4n) is 2.39. The van der Waals surface area contributed by atoms with Crippen LogP contribution in [0.4, 0.5) is 8.78 Å². The topological polar surface area (TPSA) is 40.5 Å². The van der Waals surface area contributed by atoms with E-state index in [2.05, 4.69) is 0 Å². The highest BCUT2D eigenvalue weighted by Gasteiger charge is 2.40. The number of halogens is 2. The van der Waals surface area contributed by atoms with Crippen LogP contribution in [0.25, 0.3) is 0 Å². The van der Waals surface area contributed by atoms with Gasteiger partial charge in [0.25, 0.3) is 6.43 Å². The van der Waals surface area contributed by atoms with E-state index >= 15 is 0 Å². The molecule has 1 aromatic rings. The van der Waals surface area contributed by atoms with E-state index in [4.69, 9.17) is 0 Å². The molecule has 2 rings (SSSR count). The monoisotopic (exact) mass is 269 g/mol. The van der Waals surface area contributed by atoms with Crippen LogP contribution in [0.1, 0.15) is 12.0 Å². The van der Waals surface area contributed by atoms with Crippen molar-refractivity contribution < 1.29 is 18.7 Å². The van der Waals surface area contributed by atoms with Crippen LogP contribution in [0.2, 0.25) is 0 Å². The Morgan fingerprint density at radius 3 is 2.63 bits per heavy atom. The number of alkyl halides is 2. The van der Waals surface area contributed by atoms with E-state index in [1.165, 1.54) is 0 Å². The first-order valence-corrected chi connectivity index (χ1v) is 6.38. The van der Waals surface area contributed by atoms with Crippen LogP contribution in [0.3, 0.4) is 0 Å². The predicted octanol–water partition coefficient (Wildman–Crippen LogP) is 1.70. The van der Waals surface area contributed by atoms with Crippen molar-refractivity contribution in [1.82, 2.24) is 4.90 Å². The van der Waals surface area contributed by atoms with Crippen molar-refractivity contribution >= 4 is 5.91 Å². The number of aliphatic hydroxyl groups excluding tert-OH is 1. The lowest BCUT2D eigenvalue weighted by Gasteiger charge is -2.19. The van der Waals surface area contributed by atoms with Gasteiger partial charge < -0.3 is 10.0 Å². The maximum Gasteiger partial charge on any atom is 0.264 e. The van der Waals surface area contributed by atoms with Crippen molar-refractivity contribution in [1.29, 1.82) is 0 Å². The molecule has 1 amide bonds. The Morgan fingerprint density at radius 1 is 1.32 bits per heavy atom. The smallest absolute Gasteiger partial charge is 0.264 e. The molecule has 1 saturated heterocycles. The summed E-state index contributed by atoms with van der Waals surface area (Å²) >= 11 is 0. The quantitative estimate of drug-likeness (QED) is 0.884.